The first-order chi connectivity index (χ1) is 8.22. The number of hydrogen-bond acceptors (Lipinski definition) is 5. The molecule has 3 N–H and O–H groups in total. The molecule has 4 atom stereocenters. The van der Waals surface area contributed by atoms with E-state index in [0.717, 1.165) is 5.56 Å². The second kappa shape index (κ2) is 5.57. The van der Waals surface area contributed by atoms with E-state index in [1.54, 1.807) is 0 Å². The van der Waals surface area contributed by atoms with Gasteiger partial charge < -0.3 is 24.8 Å². The fourth-order valence-electron chi connectivity index (χ4n) is 1.79. The van der Waals surface area contributed by atoms with Crippen molar-refractivity contribution in [2.75, 3.05) is 13.2 Å². The van der Waals surface area contributed by atoms with Gasteiger partial charge in [0.15, 0.2) is 6.29 Å². The molecule has 1 saturated heterocycles. The number of ether oxygens (including phenoxy) is 2. The van der Waals surface area contributed by atoms with Crippen LogP contribution >= 0.6 is 0 Å². The Morgan fingerprint density at radius 2 is 2.00 bits per heavy atom. The lowest BCUT2D eigenvalue weighted by Gasteiger charge is -2.36. The lowest BCUT2D eigenvalue weighted by atomic mass is 10.1. The van der Waals surface area contributed by atoms with Gasteiger partial charge in [-0.3, -0.25) is 0 Å². The Bertz CT molecular complexity index is 338. The van der Waals surface area contributed by atoms with Crippen LogP contribution in [0.3, 0.4) is 0 Å². The van der Waals surface area contributed by atoms with Gasteiger partial charge in [0, 0.05) is 5.56 Å². The first kappa shape index (κ1) is 12.5. The lowest BCUT2D eigenvalue weighted by molar-refractivity contribution is -0.277. The Morgan fingerprint density at radius 1 is 1.29 bits per heavy atom. The Labute approximate surface area is 99.2 Å². The fourth-order valence-corrected chi connectivity index (χ4v) is 1.79. The van der Waals surface area contributed by atoms with Crippen LogP contribution in [0.2, 0.25) is 0 Å². The highest BCUT2D eigenvalue weighted by Gasteiger charge is 2.35. The number of rotatable bonds is 3. The molecule has 5 heteroatoms. The molecule has 1 aromatic rings. The van der Waals surface area contributed by atoms with E-state index in [-0.39, 0.29) is 6.61 Å². The average Bonchev–Trinajstić information content (AvgIpc) is 2.39. The summed E-state index contributed by atoms with van der Waals surface area (Å²) in [5.74, 6) is 0. The molecule has 2 rings (SSSR count). The van der Waals surface area contributed by atoms with Crippen molar-refractivity contribution in [2.45, 2.75) is 24.6 Å². The van der Waals surface area contributed by atoms with Crippen LogP contribution in [0.25, 0.3) is 0 Å². The van der Waals surface area contributed by atoms with Crippen LogP contribution in [0.4, 0.5) is 0 Å². The first-order valence-electron chi connectivity index (χ1n) is 5.51. The van der Waals surface area contributed by atoms with E-state index in [1.807, 2.05) is 30.3 Å². The van der Waals surface area contributed by atoms with E-state index in [4.69, 9.17) is 14.6 Å². The van der Waals surface area contributed by atoms with Crippen LogP contribution in [0, 0.1) is 0 Å². The maximum Gasteiger partial charge on any atom is 0.184 e. The Balaban J connectivity index is 2.08. The average molecular weight is 240 g/mol. The third-order valence-electron chi connectivity index (χ3n) is 2.72. The van der Waals surface area contributed by atoms with Crippen molar-refractivity contribution < 1.29 is 24.8 Å². The molecule has 1 aromatic carbocycles. The molecule has 0 aliphatic carbocycles. The molecule has 5 nitrogen and oxygen atoms in total. The van der Waals surface area contributed by atoms with Gasteiger partial charge in [-0.2, -0.15) is 0 Å². The third kappa shape index (κ3) is 2.83. The monoisotopic (exact) mass is 240 g/mol. The minimum atomic E-state index is -1.11. The van der Waals surface area contributed by atoms with Gasteiger partial charge in [-0.15, -0.1) is 0 Å². The Kier molecular flexibility index (Phi) is 4.09. The summed E-state index contributed by atoms with van der Waals surface area (Å²) in [4.78, 5) is 0. The topological polar surface area (TPSA) is 79.2 Å². The van der Waals surface area contributed by atoms with Gasteiger partial charge in [-0.1, -0.05) is 30.3 Å². The van der Waals surface area contributed by atoms with Gasteiger partial charge in [-0.05, 0) is 0 Å². The van der Waals surface area contributed by atoms with E-state index in [0.29, 0.717) is 0 Å². The highest BCUT2D eigenvalue weighted by Crippen LogP contribution is 2.27. The predicted octanol–water partition coefficient (Wildman–Crippen LogP) is -0.185. The summed E-state index contributed by atoms with van der Waals surface area (Å²) in [5, 5.41) is 28.0. The van der Waals surface area contributed by atoms with Crippen LogP contribution in [0.1, 0.15) is 11.9 Å². The van der Waals surface area contributed by atoms with Crippen molar-refractivity contribution in [1.82, 2.24) is 0 Å². The molecule has 17 heavy (non-hydrogen) atoms. The zero-order chi connectivity index (χ0) is 12.3. The quantitative estimate of drug-likeness (QED) is 0.682. The minimum absolute atomic E-state index is 0.0707. The zero-order valence-electron chi connectivity index (χ0n) is 9.27. The molecule has 1 fully saturated rings. The van der Waals surface area contributed by atoms with E-state index in [9.17, 15) is 10.2 Å². The number of hydrogen-bond donors (Lipinski definition) is 3. The maximum absolute atomic E-state index is 9.61. The first-order valence-corrected chi connectivity index (χ1v) is 5.51. The van der Waals surface area contributed by atoms with Crippen LogP contribution < -0.4 is 0 Å². The van der Waals surface area contributed by atoms with Gasteiger partial charge in [0.05, 0.1) is 13.2 Å². The van der Waals surface area contributed by atoms with E-state index < -0.39 is 31.2 Å². The molecule has 0 amide bonds. The largest absolute Gasteiger partial charge is 0.394 e. The summed E-state index contributed by atoms with van der Waals surface area (Å²) in [6, 6.07) is 9.26. The Morgan fingerprint density at radius 3 is 2.65 bits per heavy atom. The predicted molar refractivity (Wildman–Crippen MR) is 59.1 cm³/mol. The van der Waals surface area contributed by atoms with E-state index >= 15 is 0 Å². The van der Waals surface area contributed by atoms with Gasteiger partial charge >= 0.3 is 0 Å². The molecule has 0 radical (unpaired) electrons. The van der Waals surface area contributed by atoms with Gasteiger partial charge in [0.25, 0.3) is 0 Å². The second-order valence-electron chi connectivity index (χ2n) is 3.99. The Hall–Kier alpha value is -0.980. The third-order valence-corrected chi connectivity index (χ3v) is 2.72. The molecule has 1 unspecified atom stereocenters. The molecule has 94 valence electrons. The minimum Gasteiger partial charge on any atom is -0.394 e. The molecule has 1 aliphatic heterocycles. The van der Waals surface area contributed by atoms with Crippen molar-refractivity contribution in [2.24, 2.45) is 0 Å². The van der Waals surface area contributed by atoms with Gasteiger partial charge in [0.1, 0.15) is 18.3 Å². The SMILES string of the molecule is OC[C@@H](O)[C@H]1OC(c2ccccc2)OC[C@H]1O. The lowest BCUT2D eigenvalue weighted by Crippen LogP contribution is -2.48. The summed E-state index contributed by atoms with van der Waals surface area (Å²) in [7, 11) is 0. The molecular weight excluding hydrogens is 224 g/mol. The highest BCUT2D eigenvalue weighted by atomic mass is 16.7. The second-order valence-corrected chi connectivity index (χ2v) is 3.99. The van der Waals surface area contributed by atoms with E-state index in [2.05, 4.69) is 0 Å². The fraction of sp³-hybridized carbons (Fsp3) is 0.500. The summed E-state index contributed by atoms with van der Waals surface area (Å²) in [5.41, 5.74) is 0.814. The van der Waals surface area contributed by atoms with Crippen molar-refractivity contribution in [3.63, 3.8) is 0 Å². The summed E-state index contributed by atoms with van der Waals surface area (Å²) < 4.78 is 10.8. The smallest absolute Gasteiger partial charge is 0.184 e. The van der Waals surface area contributed by atoms with Gasteiger partial charge in [0.2, 0.25) is 0 Å². The van der Waals surface area contributed by atoms with Crippen LogP contribution in [-0.4, -0.2) is 46.8 Å². The number of benzene rings is 1. The standard InChI is InChI=1S/C12H16O5/c13-6-9(14)11-10(15)7-16-12(17-11)8-4-2-1-3-5-8/h1-5,9-15H,6-7H2/t9-,10-,11-,12?/m1/s1. The van der Waals surface area contributed by atoms with Crippen molar-refractivity contribution in [3.8, 4) is 0 Å². The van der Waals surface area contributed by atoms with E-state index in [1.165, 1.54) is 0 Å². The van der Waals surface area contributed by atoms with Crippen LogP contribution in [0.5, 0.6) is 0 Å². The summed E-state index contributed by atoms with van der Waals surface area (Å²) >= 11 is 0. The zero-order valence-corrected chi connectivity index (χ0v) is 9.27. The number of aliphatic hydroxyl groups is 3. The van der Waals surface area contributed by atoms with Crippen LogP contribution in [-0.2, 0) is 9.47 Å². The highest BCUT2D eigenvalue weighted by molar-refractivity contribution is 5.16. The molecule has 0 saturated carbocycles. The maximum atomic E-state index is 9.61. The normalized spacial score (nSPS) is 31.1. The molecule has 1 aliphatic rings. The summed E-state index contributed by atoms with van der Waals surface area (Å²) in [6.07, 6.45) is -3.50. The molecule has 0 aromatic heterocycles. The van der Waals surface area contributed by atoms with Crippen molar-refractivity contribution in [3.05, 3.63) is 35.9 Å². The molecule has 0 spiro atoms. The molecular formula is C12H16O5. The summed E-state index contributed by atoms with van der Waals surface area (Å²) in [6.45, 7) is -0.384. The van der Waals surface area contributed by atoms with Gasteiger partial charge in [-0.25, -0.2) is 0 Å². The molecule has 1 heterocycles. The van der Waals surface area contributed by atoms with Crippen LogP contribution in [0.15, 0.2) is 30.3 Å². The van der Waals surface area contributed by atoms with Crippen molar-refractivity contribution >= 4 is 0 Å². The van der Waals surface area contributed by atoms with Crippen molar-refractivity contribution in [1.29, 1.82) is 0 Å². The number of aliphatic hydroxyl groups excluding tert-OH is 3. The molecule has 0 bridgehead atoms.